The van der Waals surface area contributed by atoms with E-state index in [2.05, 4.69) is 0 Å². The van der Waals surface area contributed by atoms with Crippen molar-refractivity contribution in [3.8, 4) is 0 Å². The van der Waals surface area contributed by atoms with E-state index in [1.807, 2.05) is 24.4 Å². The predicted molar refractivity (Wildman–Crippen MR) is 105 cm³/mol. The lowest BCUT2D eigenvalue weighted by Crippen LogP contribution is -2.32. The van der Waals surface area contributed by atoms with Crippen LogP contribution in [0.3, 0.4) is 0 Å². The number of amides is 1. The number of benzene rings is 1. The van der Waals surface area contributed by atoms with E-state index < -0.39 is 23.1 Å². The monoisotopic (exact) mass is 389 g/mol. The quantitative estimate of drug-likeness (QED) is 0.782. The Hall–Kier alpha value is -2.11. The summed E-state index contributed by atoms with van der Waals surface area (Å²) < 4.78 is 0. The van der Waals surface area contributed by atoms with E-state index in [0.717, 1.165) is 10.4 Å². The molecule has 26 heavy (non-hydrogen) atoms. The summed E-state index contributed by atoms with van der Waals surface area (Å²) in [4.78, 5) is 28.3. The van der Waals surface area contributed by atoms with Gasteiger partial charge >= 0.3 is 0 Å². The summed E-state index contributed by atoms with van der Waals surface area (Å²) >= 11 is 7.68. The van der Waals surface area contributed by atoms with E-state index in [1.165, 1.54) is 16.2 Å². The van der Waals surface area contributed by atoms with E-state index >= 15 is 0 Å². The van der Waals surface area contributed by atoms with E-state index in [4.69, 9.17) is 11.6 Å². The van der Waals surface area contributed by atoms with Gasteiger partial charge < -0.3 is 5.11 Å². The summed E-state index contributed by atoms with van der Waals surface area (Å²) in [5, 5.41) is 13.0. The molecule has 4 nitrogen and oxygen atoms in total. The van der Waals surface area contributed by atoms with Gasteiger partial charge in [-0.2, -0.15) is 0 Å². The highest BCUT2D eigenvalue weighted by Gasteiger charge is 2.47. The zero-order valence-electron chi connectivity index (χ0n) is 15.0. The summed E-state index contributed by atoms with van der Waals surface area (Å²) in [5.74, 6) is -1.31. The van der Waals surface area contributed by atoms with Gasteiger partial charge in [-0.3, -0.25) is 14.5 Å². The fraction of sp³-hybridized carbons (Fsp3) is 0.300. The van der Waals surface area contributed by atoms with Crippen molar-refractivity contribution in [2.45, 2.75) is 33.7 Å². The van der Waals surface area contributed by atoms with E-state index in [1.54, 1.807) is 39.0 Å². The summed E-state index contributed by atoms with van der Waals surface area (Å²) in [6.07, 6.45) is 0. The van der Waals surface area contributed by atoms with Crippen LogP contribution in [0.2, 0.25) is 5.02 Å². The first-order valence-electron chi connectivity index (χ1n) is 8.24. The Kier molecular flexibility index (Phi) is 4.71. The van der Waals surface area contributed by atoms with Gasteiger partial charge in [-0.25, -0.2) is 0 Å². The SMILES string of the molecule is Cc1c(Cl)cccc1N1C(=O)C(O)=C(C(=O)C(C)(C)C)C1c1cccs1. The van der Waals surface area contributed by atoms with Gasteiger partial charge in [-0.1, -0.05) is 44.5 Å². The van der Waals surface area contributed by atoms with Crippen molar-refractivity contribution in [3.63, 3.8) is 0 Å². The van der Waals surface area contributed by atoms with Crippen molar-refractivity contribution in [2.24, 2.45) is 5.41 Å². The van der Waals surface area contributed by atoms with Crippen LogP contribution >= 0.6 is 22.9 Å². The fourth-order valence-corrected chi connectivity index (χ4v) is 4.06. The van der Waals surface area contributed by atoms with Gasteiger partial charge in [0.15, 0.2) is 11.5 Å². The van der Waals surface area contributed by atoms with Gasteiger partial charge in [0.05, 0.1) is 5.57 Å². The molecule has 1 unspecified atom stereocenters. The van der Waals surface area contributed by atoms with Crippen molar-refractivity contribution in [1.82, 2.24) is 0 Å². The molecule has 1 amide bonds. The van der Waals surface area contributed by atoms with Gasteiger partial charge in [-0.15, -0.1) is 11.3 Å². The molecule has 2 aromatic rings. The first-order valence-corrected chi connectivity index (χ1v) is 9.50. The highest BCUT2D eigenvalue weighted by atomic mass is 35.5. The van der Waals surface area contributed by atoms with Crippen molar-refractivity contribution in [3.05, 3.63) is 62.5 Å². The third kappa shape index (κ3) is 2.95. The third-order valence-corrected chi connectivity index (χ3v) is 5.78. The molecule has 6 heteroatoms. The first-order chi connectivity index (χ1) is 12.1. The lowest BCUT2D eigenvalue weighted by atomic mass is 9.83. The van der Waals surface area contributed by atoms with E-state index in [0.29, 0.717) is 10.7 Å². The lowest BCUT2D eigenvalue weighted by molar-refractivity contribution is -0.123. The number of aliphatic hydroxyl groups excluding tert-OH is 1. The third-order valence-electron chi connectivity index (χ3n) is 4.45. The summed E-state index contributed by atoms with van der Waals surface area (Å²) in [7, 11) is 0. The minimum Gasteiger partial charge on any atom is -0.503 e. The Balaban J connectivity index is 2.22. The average molecular weight is 390 g/mol. The van der Waals surface area contributed by atoms with Crippen molar-refractivity contribution in [1.29, 1.82) is 0 Å². The topological polar surface area (TPSA) is 57.6 Å². The molecule has 1 aliphatic rings. The number of Topliss-reactive ketones (excluding diaryl/α,β-unsaturated/α-hetero) is 1. The molecular formula is C20H20ClNO3S. The number of carbonyl (C=O) groups excluding carboxylic acids is 2. The molecule has 0 radical (unpaired) electrons. The molecule has 1 atom stereocenters. The minimum atomic E-state index is -0.724. The predicted octanol–water partition coefficient (Wildman–Crippen LogP) is 5.23. The number of ketones is 1. The number of anilines is 1. The number of halogens is 1. The van der Waals surface area contributed by atoms with Gasteiger partial charge in [0.2, 0.25) is 0 Å². The van der Waals surface area contributed by atoms with Crippen molar-refractivity contribution >= 4 is 40.3 Å². The maximum atomic E-state index is 13.0. The maximum Gasteiger partial charge on any atom is 0.294 e. The van der Waals surface area contributed by atoms with Crippen LogP contribution in [0.25, 0.3) is 0 Å². The van der Waals surface area contributed by atoms with Gasteiger partial charge in [0.25, 0.3) is 5.91 Å². The molecule has 0 aliphatic carbocycles. The van der Waals surface area contributed by atoms with Crippen LogP contribution in [0.1, 0.15) is 37.3 Å². The van der Waals surface area contributed by atoms with Crippen LogP contribution in [0.5, 0.6) is 0 Å². The molecule has 1 aliphatic heterocycles. The fourth-order valence-electron chi connectivity index (χ4n) is 3.06. The second kappa shape index (κ2) is 6.56. The molecule has 2 heterocycles. The molecule has 0 bridgehead atoms. The van der Waals surface area contributed by atoms with Crippen LogP contribution < -0.4 is 4.90 Å². The zero-order chi connectivity index (χ0) is 19.2. The molecule has 0 saturated carbocycles. The Labute approximate surface area is 161 Å². The smallest absolute Gasteiger partial charge is 0.294 e. The molecule has 1 aromatic heterocycles. The largest absolute Gasteiger partial charge is 0.503 e. The second-order valence-electron chi connectivity index (χ2n) is 7.32. The Morgan fingerprint density at radius 2 is 1.92 bits per heavy atom. The summed E-state index contributed by atoms with van der Waals surface area (Å²) in [5.41, 5.74) is 0.730. The van der Waals surface area contributed by atoms with E-state index in [-0.39, 0.29) is 11.4 Å². The molecule has 0 saturated heterocycles. The lowest BCUT2D eigenvalue weighted by Gasteiger charge is -2.29. The van der Waals surface area contributed by atoms with Crippen LogP contribution in [-0.4, -0.2) is 16.8 Å². The Morgan fingerprint density at radius 3 is 2.50 bits per heavy atom. The van der Waals surface area contributed by atoms with Gasteiger partial charge in [0.1, 0.15) is 6.04 Å². The minimum absolute atomic E-state index is 0.143. The van der Waals surface area contributed by atoms with Gasteiger partial charge in [0, 0.05) is 21.0 Å². The molecule has 1 N–H and O–H groups in total. The number of rotatable bonds is 3. The van der Waals surface area contributed by atoms with E-state index in [9.17, 15) is 14.7 Å². The van der Waals surface area contributed by atoms with Crippen LogP contribution in [0.4, 0.5) is 5.69 Å². The van der Waals surface area contributed by atoms with Gasteiger partial charge in [-0.05, 0) is 36.1 Å². The second-order valence-corrected chi connectivity index (χ2v) is 8.70. The summed E-state index contributed by atoms with van der Waals surface area (Å²) in [6, 6.07) is 8.34. The van der Waals surface area contributed by atoms with Crippen LogP contribution in [0.15, 0.2) is 47.0 Å². The van der Waals surface area contributed by atoms with Crippen LogP contribution in [-0.2, 0) is 9.59 Å². The molecule has 3 rings (SSSR count). The molecule has 1 aromatic carbocycles. The van der Waals surface area contributed by atoms with Crippen molar-refractivity contribution in [2.75, 3.05) is 4.90 Å². The Bertz CT molecular complexity index is 910. The highest BCUT2D eigenvalue weighted by molar-refractivity contribution is 7.10. The number of carbonyl (C=O) groups is 2. The zero-order valence-corrected chi connectivity index (χ0v) is 16.6. The first kappa shape index (κ1) is 18.7. The standard InChI is InChI=1S/C20H20ClNO3S/c1-11-12(21)7-5-8-13(11)22-16(14-9-6-10-26-14)15(17(23)19(22)25)18(24)20(2,3)4/h5-10,16,23H,1-4H3. The number of thiophene rings is 1. The average Bonchev–Trinajstić information content (AvgIpc) is 3.17. The summed E-state index contributed by atoms with van der Waals surface area (Å²) in [6.45, 7) is 7.15. The number of aliphatic hydroxyl groups is 1. The molecule has 136 valence electrons. The van der Waals surface area contributed by atoms with Crippen LogP contribution in [0, 0.1) is 12.3 Å². The molecule has 0 spiro atoms. The molecule has 0 fully saturated rings. The van der Waals surface area contributed by atoms with Crippen molar-refractivity contribution < 1.29 is 14.7 Å². The molecular weight excluding hydrogens is 370 g/mol. The highest BCUT2D eigenvalue weighted by Crippen LogP contribution is 2.45. The number of hydrogen-bond acceptors (Lipinski definition) is 4. The number of nitrogens with zero attached hydrogens (tertiary/aromatic N) is 1. The number of hydrogen-bond donors (Lipinski definition) is 1. The Morgan fingerprint density at radius 1 is 1.23 bits per heavy atom. The normalized spacial score (nSPS) is 18.0. The maximum absolute atomic E-state index is 13.0.